The van der Waals surface area contributed by atoms with E-state index in [0.717, 1.165) is 69.6 Å². The Labute approximate surface area is 285 Å². The van der Waals surface area contributed by atoms with E-state index >= 15 is 0 Å². The fourth-order valence-electron chi connectivity index (χ4n) is 5.69. The predicted octanol–water partition coefficient (Wildman–Crippen LogP) is 11.8. The maximum Gasteiger partial charge on any atom is 0.306 e. The van der Waals surface area contributed by atoms with Crippen LogP contribution in [0.15, 0.2) is 0 Å². The Hall–Kier alpha value is -1.59. The monoisotopic (exact) mass is 653 g/mol. The molecule has 0 aliphatic carbocycles. The SMILES string of the molecule is CCCCCCCCCCCC(=O)O[C@@H](COC(=O)CCCCCCCCCC(C)C)COC(=O)CCCCCCCCC(C)C. The number of carbonyl (C=O) groups is 3. The highest BCUT2D eigenvalue weighted by molar-refractivity contribution is 5.71. The summed E-state index contributed by atoms with van der Waals surface area (Å²) in [6.45, 7) is 11.2. The molecule has 0 radical (unpaired) electrons. The van der Waals surface area contributed by atoms with Gasteiger partial charge >= 0.3 is 17.9 Å². The van der Waals surface area contributed by atoms with E-state index in [4.69, 9.17) is 14.2 Å². The molecule has 0 amide bonds. The molecule has 0 saturated carbocycles. The van der Waals surface area contributed by atoms with Gasteiger partial charge in [0.1, 0.15) is 13.2 Å². The number of hydrogen-bond acceptors (Lipinski definition) is 6. The fourth-order valence-corrected chi connectivity index (χ4v) is 5.69. The van der Waals surface area contributed by atoms with Gasteiger partial charge in [-0.05, 0) is 31.1 Å². The van der Waals surface area contributed by atoms with E-state index in [0.29, 0.717) is 19.3 Å². The Morgan fingerprint density at radius 2 is 0.717 bits per heavy atom. The second-order valence-electron chi connectivity index (χ2n) is 14.5. The summed E-state index contributed by atoms with van der Waals surface area (Å²) in [5.74, 6) is 0.669. The molecule has 0 aromatic carbocycles. The highest BCUT2D eigenvalue weighted by atomic mass is 16.6. The lowest BCUT2D eigenvalue weighted by atomic mass is 10.0. The lowest BCUT2D eigenvalue weighted by Crippen LogP contribution is -2.30. The zero-order valence-electron chi connectivity index (χ0n) is 31.2. The Bertz CT molecular complexity index is 704. The van der Waals surface area contributed by atoms with E-state index in [9.17, 15) is 14.4 Å². The number of ether oxygens (including phenoxy) is 3. The van der Waals surface area contributed by atoms with Crippen LogP contribution >= 0.6 is 0 Å². The minimum absolute atomic E-state index is 0.0676. The summed E-state index contributed by atoms with van der Waals surface area (Å²) in [6, 6.07) is 0. The van der Waals surface area contributed by atoms with Gasteiger partial charge in [0.2, 0.25) is 0 Å². The van der Waals surface area contributed by atoms with E-state index in [1.807, 2.05) is 0 Å². The molecule has 0 fully saturated rings. The summed E-state index contributed by atoms with van der Waals surface area (Å²) >= 11 is 0. The van der Waals surface area contributed by atoms with Gasteiger partial charge in [-0.2, -0.15) is 0 Å². The van der Waals surface area contributed by atoms with Crippen LogP contribution in [0.25, 0.3) is 0 Å². The van der Waals surface area contributed by atoms with Crippen LogP contribution in [0.2, 0.25) is 0 Å². The second kappa shape index (κ2) is 33.3. The molecule has 0 saturated heterocycles. The average Bonchev–Trinajstić information content (AvgIpc) is 3.01. The molecule has 0 aromatic rings. The molecule has 0 heterocycles. The van der Waals surface area contributed by atoms with Crippen molar-refractivity contribution in [3.63, 3.8) is 0 Å². The van der Waals surface area contributed by atoms with Crippen molar-refractivity contribution >= 4 is 17.9 Å². The Morgan fingerprint density at radius 1 is 0.413 bits per heavy atom. The van der Waals surface area contributed by atoms with Gasteiger partial charge in [0.15, 0.2) is 6.10 Å². The number of unbranched alkanes of at least 4 members (excludes halogenated alkanes) is 19. The van der Waals surface area contributed by atoms with Crippen LogP contribution in [0.5, 0.6) is 0 Å². The molecule has 272 valence electrons. The molecule has 6 heteroatoms. The zero-order valence-corrected chi connectivity index (χ0v) is 31.2. The smallest absolute Gasteiger partial charge is 0.306 e. The Morgan fingerprint density at radius 3 is 1.07 bits per heavy atom. The minimum atomic E-state index is -0.759. The third kappa shape index (κ3) is 33.8. The van der Waals surface area contributed by atoms with Gasteiger partial charge in [-0.3, -0.25) is 14.4 Å². The van der Waals surface area contributed by atoms with Gasteiger partial charge in [-0.1, -0.05) is 169 Å². The molecule has 0 rings (SSSR count). The summed E-state index contributed by atoms with van der Waals surface area (Å²) in [6.07, 6.45) is 28.2. The molecule has 0 unspecified atom stereocenters. The number of rotatable bonds is 34. The van der Waals surface area contributed by atoms with Crippen molar-refractivity contribution in [2.75, 3.05) is 13.2 Å². The first kappa shape index (κ1) is 44.4. The molecule has 0 bridgehead atoms. The molecular weight excluding hydrogens is 576 g/mol. The van der Waals surface area contributed by atoms with Crippen LogP contribution in [0.1, 0.15) is 208 Å². The molecular formula is C40H76O6. The van der Waals surface area contributed by atoms with Crippen molar-refractivity contribution in [2.45, 2.75) is 214 Å². The van der Waals surface area contributed by atoms with Gasteiger partial charge in [-0.25, -0.2) is 0 Å². The lowest BCUT2D eigenvalue weighted by Gasteiger charge is -2.18. The maximum absolute atomic E-state index is 12.6. The number of esters is 3. The van der Waals surface area contributed by atoms with E-state index in [2.05, 4.69) is 34.6 Å². The third-order valence-electron chi connectivity index (χ3n) is 8.72. The summed E-state index contributed by atoms with van der Waals surface area (Å²) < 4.78 is 16.6. The zero-order chi connectivity index (χ0) is 34.1. The van der Waals surface area contributed by atoms with Gasteiger partial charge in [-0.15, -0.1) is 0 Å². The largest absolute Gasteiger partial charge is 0.462 e. The number of carbonyl (C=O) groups excluding carboxylic acids is 3. The molecule has 0 aliphatic heterocycles. The molecule has 46 heavy (non-hydrogen) atoms. The second-order valence-corrected chi connectivity index (χ2v) is 14.5. The average molecular weight is 653 g/mol. The van der Waals surface area contributed by atoms with Crippen LogP contribution in [-0.2, 0) is 28.6 Å². The van der Waals surface area contributed by atoms with Crippen LogP contribution in [0.4, 0.5) is 0 Å². The predicted molar refractivity (Wildman–Crippen MR) is 192 cm³/mol. The first-order valence-electron chi connectivity index (χ1n) is 19.7. The van der Waals surface area contributed by atoms with Crippen molar-refractivity contribution in [3.05, 3.63) is 0 Å². The molecule has 0 N–H and O–H groups in total. The van der Waals surface area contributed by atoms with Gasteiger partial charge in [0.25, 0.3) is 0 Å². The summed E-state index contributed by atoms with van der Waals surface area (Å²) in [5.41, 5.74) is 0. The number of hydrogen-bond donors (Lipinski definition) is 0. The van der Waals surface area contributed by atoms with E-state index in [-0.39, 0.29) is 31.1 Å². The molecule has 0 aliphatic rings. The summed E-state index contributed by atoms with van der Waals surface area (Å²) in [5, 5.41) is 0. The van der Waals surface area contributed by atoms with E-state index in [1.54, 1.807) is 0 Å². The van der Waals surface area contributed by atoms with Gasteiger partial charge in [0, 0.05) is 19.3 Å². The van der Waals surface area contributed by atoms with Crippen molar-refractivity contribution < 1.29 is 28.6 Å². The first-order chi connectivity index (χ1) is 22.2. The fraction of sp³-hybridized carbons (Fsp3) is 0.925. The highest BCUT2D eigenvalue weighted by Gasteiger charge is 2.19. The van der Waals surface area contributed by atoms with E-state index in [1.165, 1.54) is 96.3 Å². The quantitative estimate of drug-likeness (QED) is 0.0391. The first-order valence-corrected chi connectivity index (χ1v) is 19.7. The standard InChI is InChI=1S/C40H76O6/c1-6-7-8-9-10-11-14-22-27-32-40(43)46-37(34-45-39(42)31-26-21-17-16-19-24-29-36(4)5)33-44-38(41)30-25-20-15-12-13-18-23-28-35(2)3/h35-37H,6-34H2,1-5H3/t37-/m0/s1. The van der Waals surface area contributed by atoms with Crippen molar-refractivity contribution in [1.82, 2.24) is 0 Å². The topological polar surface area (TPSA) is 78.9 Å². The van der Waals surface area contributed by atoms with Crippen LogP contribution in [0, 0.1) is 11.8 Å². The normalized spacial score (nSPS) is 12.1. The maximum atomic E-state index is 12.6. The van der Waals surface area contributed by atoms with Crippen LogP contribution in [0.3, 0.4) is 0 Å². The lowest BCUT2D eigenvalue weighted by molar-refractivity contribution is -0.167. The summed E-state index contributed by atoms with van der Waals surface area (Å²) in [7, 11) is 0. The molecule has 0 spiro atoms. The van der Waals surface area contributed by atoms with E-state index < -0.39 is 6.10 Å². The van der Waals surface area contributed by atoms with Gasteiger partial charge in [0.05, 0.1) is 0 Å². The molecule has 1 atom stereocenters. The molecule has 0 aromatic heterocycles. The Balaban J connectivity index is 4.36. The van der Waals surface area contributed by atoms with Crippen LogP contribution in [-0.4, -0.2) is 37.2 Å². The van der Waals surface area contributed by atoms with Crippen molar-refractivity contribution in [1.29, 1.82) is 0 Å². The highest BCUT2D eigenvalue weighted by Crippen LogP contribution is 2.15. The third-order valence-corrected chi connectivity index (χ3v) is 8.72. The van der Waals surface area contributed by atoms with Gasteiger partial charge < -0.3 is 14.2 Å². The minimum Gasteiger partial charge on any atom is -0.462 e. The van der Waals surface area contributed by atoms with Crippen molar-refractivity contribution in [3.8, 4) is 0 Å². The summed E-state index contributed by atoms with van der Waals surface area (Å²) in [4.78, 5) is 37.4. The molecule has 6 nitrogen and oxygen atoms in total. The van der Waals surface area contributed by atoms with Crippen molar-refractivity contribution in [2.24, 2.45) is 11.8 Å². The van der Waals surface area contributed by atoms with Crippen LogP contribution < -0.4 is 0 Å². The Kier molecular flexibility index (Phi) is 32.2.